The van der Waals surface area contributed by atoms with Crippen LogP contribution < -0.4 is 5.43 Å². The van der Waals surface area contributed by atoms with Gasteiger partial charge in [0.2, 0.25) is 5.43 Å². The Balaban J connectivity index is 1.52. The van der Waals surface area contributed by atoms with Gasteiger partial charge in [-0.3, -0.25) is 9.59 Å². The molecule has 0 bridgehead atoms. The Bertz CT molecular complexity index is 1310. The number of rotatable bonds is 3. The summed E-state index contributed by atoms with van der Waals surface area (Å²) in [7, 11) is 0. The third kappa shape index (κ3) is 3.64. The van der Waals surface area contributed by atoms with E-state index >= 15 is 0 Å². The summed E-state index contributed by atoms with van der Waals surface area (Å²) < 4.78 is 2.70. The molecule has 1 aliphatic heterocycles. The maximum absolute atomic E-state index is 13.4. The third-order valence-electron chi connectivity index (χ3n) is 5.49. The zero-order valence-corrected chi connectivity index (χ0v) is 18.4. The Morgan fingerprint density at radius 3 is 2.71 bits per heavy atom. The molecule has 0 unspecified atom stereocenters. The first-order chi connectivity index (χ1) is 15.0. The lowest BCUT2D eigenvalue weighted by Crippen LogP contribution is -2.36. The van der Waals surface area contributed by atoms with Gasteiger partial charge in [-0.1, -0.05) is 23.7 Å². The molecule has 31 heavy (non-hydrogen) atoms. The lowest BCUT2D eigenvalue weighted by atomic mass is 10.2. The zero-order valence-electron chi connectivity index (χ0n) is 16.8. The summed E-state index contributed by atoms with van der Waals surface area (Å²) in [4.78, 5) is 32.6. The number of hydrogen-bond donors (Lipinski definition) is 0. The van der Waals surface area contributed by atoms with Gasteiger partial charge in [-0.15, -0.1) is 11.3 Å². The van der Waals surface area contributed by atoms with Gasteiger partial charge in [0.15, 0.2) is 5.69 Å². The summed E-state index contributed by atoms with van der Waals surface area (Å²) in [5.74, 6) is -0.352. The van der Waals surface area contributed by atoms with Crippen molar-refractivity contribution in [1.82, 2.24) is 19.7 Å². The van der Waals surface area contributed by atoms with E-state index < -0.39 is 0 Å². The average molecular weight is 451 g/mol. The Morgan fingerprint density at radius 2 is 1.94 bits per heavy atom. The number of para-hydroxylation sites is 1. The van der Waals surface area contributed by atoms with Crippen molar-refractivity contribution in [3.63, 3.8) is 0 Å². The fourth-order valence-corrected chi connectivity index (χ4v) is 5.22. The summed E-state index contributed by atoms with van der Waals surface area (Å²) >= 11 is 7.59. The molecular formula is C23H19ClN4O2S. The molecule has 6 nitrogen and oxygen atoms in total. The first-order valence-electron chi connectivity index (χ1n) is 10.0. The van der Waals surface area contributed by atoms with Crippen LogP contribution in [0.2, 0.25) is 5.02 Å². The second-order valence-corrected chi connectivity index (χ2v) is 9.06. The third-order valence-corrected chi connectivity index (χ3v) is 6.88. The minimum atomic E-state index is -0.373. The van der Waals surface area contributed by atoms with Gasteiger partial charge in [0.25, 0.3) is 5.91 Å². The van der Waals surface area contributed by atoms with Crippen molar-refractivity contribution in [1.29, 1.82) is 0 Å². The molecule has 3 heterocycles. The van der Waals surface area contributed by atoms with Crippen molar-refractivity contribution in [2.75, 3.05) is 6.54 Å². The lowest BCUT2D eigenvalue weighted by Gasteiger charge is -2.23. The molecule has 2 aromatic carbocycles. The fraction of sp³-hybridized carbons (Fsp3) is 0.217. The molecule has 1 aliphatic rings. The van der Waals surface area contributed by atoms with Gasteiger partial charge in [-0.05, 0) is 56.2 Å². The Labute approximate surface area is 187 Å². The van der Waals surface area contributed by atoms with Crippen LogP contribution in [0, 0.1) is 6.92 Å². The molecule has 0 aliphatic carbocycles. The zero-order chi connectivity index (χ0) is 21.5. The Morgan fingerprint density at radius 1 is 1.16 bits per heavy atom. The SMILES string of the molecule is Cc1cc(=O)c(C(=O)N2CCC[C@@H]2c2nc3ccccc3s2)nn1-c1ccc(Cl)cc1. The number of halogens is 1. The largest absolute Gasteiger partial charge is 0.328 e. The topological polar surface area (TPSA) is 68.1 Å². The predicted molar refractivity (Wildman–Crippen MR) is 122 cm³/mol. The smallest absolute Gasteiger partial charge is 0.278 e. The minimum absolute atomic E-state index is 0.0754. The van der Waals surface area contributed by atoms with Gasteiger partial charge < -0.3 is 4.90 Å². The molecule has 0 spiro atoms. The fourth-order valence-electron chi connectivity index (χ4n) is 3.97. The highest BCUT2D eigenvalue weighted by Gasteiger charge is 2.34. The molecule has 1 saturated heterocycles. The normalized spacial score (nSPS) is 16.2. The second-order valence-electron chi connectivity index (χ2n) is 7.56. The number of nitrogens with zero attached hydrogens (tertiary/aromatic N) is 4. The van der Waals surface area contributed by atoms with Crippen LogP contribution in [0.4, 0.5) is 0 Å². The van der Waals surface area contributed by atoms with Crippen LogP contribution in [-0.2, 0) is 0 Å². The summed E-state index contributed by atoms with van der Waals surface area (Å²) in [6, 6.07) is 16.4. The highest BCUT2D eigenvalue weighted by molar-refractivity contribution is 7.18. The number of fused-ring (bicyclic) bond motifs is 1. The van der Waals surface area contributed by atoms with E-state index in [1.54, 1.807) is 52.1 Å². The van der Waals surface area contributed by atoms with E-state index in [4.69, 9.17) is 16.6 Å². The van der Waals surface area contributed by atoms with E-state index in [9.17, 15) is 9.59 Å². The lowest BCUT2D eigenvalue weighted by molar-refractivity contribution is 0.0726. The number of likely N-dealkylation sites (tertiary alicyclic amines) is 1. The van der Waals surface area contributed by atoms with Crippen molar-refractivity contribution in [3.8, 4) is 5.69 Å². The highest BCUT2D eigenvalue weighted by atomic mass is 35.5. The molecule has 156 valence electrons. The molecule has 0 N–H and O–H groups in total. The molecule has 0 saturated carbocycles. The highest BCUT2D eigenvalue weighted by Crippen LogP contribution is 2.36. The maximum Gasteiger partial charge on any atom is 0.278 e. The van der Waals surface area contributed by atoms with Crippen LogP contribution in [0.1, 0.15) is 40.1 Å². The van der Waals surface area contributed by atoms with Gasteiger partial charge in [-0.25, -0.2) is 9.67 Å². The molecule has 4 aromatic rings. The molecule has 1 fully saturated rings. The predicted octanol–water partition coefficient (Wildman–Crippen LogP) is 4.78. The van der Waals surface area contributed by atoms with Gasteiger partial charge in [0.1, 0.15) is 5.01 Å². The number of aryl methyl sites for hydroxylation is 1. The summed E-state index contributed by atoms with van der Waals surface area (Å²) in [5, 5.41) is 5.95. The molecule has 8 heteroatoms. The van der Waals surface area contributed by atoms with E-state index in [-0.39, 0.29) is 23.1 Å². The summed E-state index contributed by atoms with van der Waals surface area (Å²) in [6.07, 6.45) is 1.69. The van der Waals surface area contributed by atoms with E-state index in [2.05, 4.69) is 5.10 Å². The first-order valence-corrected chi connectivity index (χ1v) is 11.2. The molecule has 1 amide bonds. The van der Waals surface area contributed by atoms with Crippen molar-refractivity contribution in [3.05, 3.63) is 86.2 Å². The number of carbonyl (C=O) groups excluding carboxylic acids is 1. The van der Waals surface area contributed by atoms with E-state index in [0.717, 1.165) is 33.8 Å². The number of thiazole rings is 1. The monoisotopic (exact) mass is 450 g/mol. The number of aromatic nitrogens is 3. The average Bonchev–Trinajstić information content (AvgIpc) is 3.41. The standard InChI is InChI=1S/C23H19ClN4O2S/c1-14-13-19(29)21(26-28(14)16-10-8-15(24)9-11-16)23(30)27-12-4-6-18(27)22-25-17-5-2-3-7-20(17)31-22/h2-3,5,7-11,13,18H,4,6,12H2,1H3/t18-/m1/s1. The van der Waals surface area contributed by atoms with Crippen LogP contribution in [0.3, 0.4) is 0 Å². The number of amides is 1. The van der Waals surface area contributed by atoms with Gasteiger partial charge in [-0.2, -0.15) is 5.10 Å². The van der Waals surface area contributed by atoms with Crippen molar-refractivity contribution >= 4 is 39.1 Å². The van der Waals surface area contributed by atoms with Crippen molar-refractivity contribution in [2.45, 2.75) is 25.8 Å². The number of benzene rings is 2. The van der Waals surface area contributed by atoms with Gasteiger partial charge >= 0.3 is 0 Å². The molecule has 0 radical (unpaired) electrons. The van der Waals surface area contributed by atoms with E-state index in [1.165, 1.54) is 6.07 Å². The number of carbonyl (C=O) groups is 1. The molecule has 5 rings (SSSR count). The number of hydrogen-bond acceptors (Lipinski definition) is 5. The molecule has 1 atom stereocenters. The van der Waals surface area contributed by atoms with E-state index in [1.807, 2.05) is 24.3 Å². The van der Waals surface area contributed by atoms with Crippen LogP contribution in [-0.4, -0.2) is 32.1 Å². The summed E-state index contributed by atoms with van der Waals surface area (Å²) in [6.45, 7) is 2.37. The minimum Gasteiger partial charge on any atom is -0.328 e. The van der Waals surface area contributed by atoms with Gasteiger partial charge in [0.05, 0.1) is 21.9 Å². The Kier molecular flexibility index (Phi) is 5.08. The van der Waals surface area contributed by atoms with Crippen molar-refractivity contribution in [2.24, 2.45) is 0 Å². The molecule has 2 aromatic heterocycles. The molecular weight excluding hydrogens is 432 g/mol. The Hall–Kier alpha value is -3.03. The van der Waals surface area contributed by atoms with Gasteiger partial charge in [0, 0.05) is 23.3 Å². The summed E-state index contributed by atoms with van der Waals surface area (Å²) in [5.41, 5.74) is 1.87. The second kappa shape index (κ2) is 7.90. The maximum atomic E-state index is 13.4. The van der Waals surface area contributed by atoms with Crippen LogP contribution in [0.5, 0.6) is 0 Å². The van der Waals surface area contributed by atoms with Crippen molar-refractivity contribution < 1.29 is 4.79 Å². The van der Waals surface area contributed by atoms with Crippen LogP contribution >= 0.6 is 22.9 Å². The first kappa shape index (κ1) is 19.9. The quantitative estimate of drug-likeness (QED) is 0.450. The van der Waals surface area contributed by atoms with E-state index in [0.29, 0.717) is 17.3 Å². The van der Waals surface area contributed by atoms with Crippen LogP contribution in [0.25, 0.3) is 15.9 Å². The van der Waals surface area contributed by atoms with Crippen LogP contribution in [0.15, 0.2) is 59.4 Å².